The van der Waals surface area contributed by atoms with Crippen molar-refractivity contribution in [2.75, 3.05) is 117 Å². The zero-order valence-electron chi connectivity index (χ0n) is 68.4. The Morgan fingerprint density at radius 2 is 0.634 bits per heavy atom. The molecule has 63 nitrogen and oxygen atoms in total. The number of aromatic nitrogens is 18. The highest BCUT2D eigenvalue weighted by atomic mass is 31.2. The van der Waals surface area contributed by atoms with Crippen LogP contribution in [0.3, 0.4) is 0 Å². The Kier molecular flexibility index (Phi) is 28.3. The Hall–Kier alpha value is -9.32. The van der Waals surface area contributed by atoms with Crippen LogP contribution >= 0.6 is 39.1 Å². The molecule has 6 aliphatic heterocycles. The number of hydrogen-bond donors (Lipinski definition) is 15. The van der Waals surface area contributed by atoms with Gasteiger partial charge in [-0.1, -0.05) is 0 Å². The number of nitrogens with two attached hydrogens (primary N) is 6. The van der Waals surface area contributed by atoms with Gasteiger partial charge in [0.2, 0.25) is 11.9 Å². The number of phosphoric ester groups is 5. The van der Waals surface area contributed by atoms with Gasteiger partial charge in [-0.15, -0.1) is 0 Å². The number of anilines is 6. The predicted octanol–water partition coefficient (Wildman–Crippen LogP) is -5.30. The van der Waals surface area contributed by atoms with Crippen LogP contribution in [0.15, 0.2) is 86.1 Å². The van der Waals surface area contributed by atoms with Crippen LogP contribution < -0.4 is 62.6 Å². The van der Waals surface area contributed by atoms with Crippen LogP contribution in [0.4, 0.5) is 35.2 Å². The molecule has 21 N–H and O–H groups in total. The fraction of sp³-hybridized carbons (Fsp3) is 0.571. The Morgan fingerprint density at radius 3 is 0.947 bits per heavy atom. The lowest BCUT2D eigenvalue weighted by Crippen LogP contribution is -2.40. The Bertz CT molecular complexity index is 6250. The molecule has 6 fully saturated rings. The summed E-state index contributed by atoms with van der Waals surface area (Å²) in [5, 5.41) is 21.8. The summed E-state index contributed by atoms with van der Waals surface area (Å²) in [6, 6.07) is 3.52. The van der Waals surface area contributed by atoms with Crippen LogP contribution in [0, 0.1) is 0 Å². The Labute approximate surface area is 730 Å². The molecule has 716 valence electrons. The van der Waals surface area contributed by atoms with Crippen LogP contribution in [-0.2, 0) is 125 Å². The molecule has 9 aromatic rings. The molecule has 0 radical (unpaired) electrons. The summed E-state index contributed by atoms with van der Waals surface area (Å²) >= 11 is 0. The van der Waals surface area contributed by atoms with Crippen LogP contribution in [0.25, 0.3) is 33.5 Å². The number of imidazole rings is 3. The first-order valence-electron chi connectivity index (χ1n) is 38.3. The molecule has 6 aliphatic rings. The van der Waals surface area contributed by atoms with Crippen molar-refractivity contribution in [3.8, 4) is 0 Å². The molecule has 29 atom stereocenters. The van der Waals surface area contributed by atoms with E-state index in [1.54, 1.807) is 0 Å². The number of ether oxygens (including phenoxy) is 12. The number of aliphatic hydroxyl groups is 2. The SMILES string of the molecule is CO[C@@H]1[C@H](OP(=O)(O)OC[C@H]2O[C@@H](n3cnc4c(=O)[nH]c(N)nc43)[C@H](OC)[C@@H]2OP(=O)(O)OC[C@H]2O[C@@H](n3ccc(N)nc3=O)[C@H](OC)[C@@H]2OP(=O)(O)OC[C@H]2O[C@@H](n3cnc4c(=O)[nH]c(N)nc43)[C@H](OC)[C@@H]2OP(=O)(O)OC[C@H]2O[C@@H](n3ccc(N)nc3=O)[C@H](OC)[C@@H]2OP(=O)(O)OC[C@H]2O[C@@H](n3cnc4c(N)ncnc43)[C@H](OC)[C@@H]2O)[C@@H](CO)O[C@H]1n1ccc(N)nc1=O. The maximum absolute atomic E-state index is 14.9. The monoisotopic (exact) mass is 1960 g/mol. The van der Waals surface area contributed by atoms with E-state index in [0.29, 0.717) is 0 Å². The maximum atomic E-state index is 14.9. The summed E-state index contributed by atoms with van der Waals surface area (Å²) < 4.78 is 206. The largest absolute Gasteiger partial charge is 0.472 e. The highest BCUT2D eigenvalue weighted by Gasteiger charge is 2.59. The average molecular weight is 1960 g/mol. The number of aliphatic hydroxyl groups excluding tert-OH is 2. The molecule has 0 saturated carbocycles. The quantitative estimate of drug-likeness (QED) is 0.0161. The topological polar surface area (TPSA) is 862 Å². The summed E-state index contributed by atoms with van der Waals surface area (Å²) in [6.45, 7) is -6.82. The van der Waals surface area contributed by atoms with Crippen molar-refractivity contribution in [3.63, 3.8) is 0 Å². The van der Waals surface area contributed by atoms with Gasteiger partial charge in [0, 0.05) is 61.2 Å². The van der Waals surface area contributed by atoms with Gasteiger partial charge in [-0.3, -0.25) is 92.2 Å². The lowest BCUT2D eigenvalue weighted by molar-refractivity contribution is -0.0675. The van der Waals surface area contributed by atoms with E-state index in [-0.39, 0.29) is 56.8 Å². The second-order valence-electron chi connectivity index (χ2n) is 29.2. The molecular weight excluding hydrogens is 1870 g/mol. The van der Waals surface area contributed by atoms with Gasteiger partial charge >= 0.3 is 56.2 Å². The van der Waals surface area contributed by atoms with Gasteiger partial charge in [0.15, 0.2) is 71.2 Å². The maximum Gasteiger partial charge on any atom is 0.472 e. The Morgan fingerprint density at radius 1 is 0.359 bits per heavy atom. The molecule has 6 saturated heterocycles. The van der Waals surface area contributed by atoms with Crippen molar-refractivity contribution in [3.05, 3.63) is 114 Å². The molecule has 5 unspecified atom stereocenters. The number of rotatable bonds is 38. The first kappa shape index (κ1) is 96.3. The molecule has 15 heterocycles. The number of hydrogen-bond acceptors (Lipinski definition) is 50. The molecule has 9 aromatic heterocycles. The zero-order valence-corrected chi connectivity index (χ0v) is 72.9. The highest BCUT2D eigenvalue weighted by molar-refractivity contribution is 7.48. The van der Waals surface area contributed by atoms with E-state index in [1.165, 1.54) is 30.3 Å². The van der Waals surface area contributed by atoms with Gasteiger partial charge in [-0.25, -0.2) is 62.1 Å². The van der Waals surface area contributed by atoms with E-state index in [4.69, 9.17) is 136 Å². The number of aromatic amines is 2. The number of nitrogens with zero attached hydrogens (tertiary/aromatic N) is 16. The van der Waals surface area contributed by atoms with Crippen LogP contribution in [0.5, 0.6) is 0 Å². The zero-order chi connectivity index (χ0) is 94.0. The van der Waals surface area contributed by atoms with E-state index in [2.05, 4.69) is 59.8 Å². The van der Waals surface area contributed by atoms with E-state index >= 15 is 0 Å². The molecule has 0 bridgehead atoms. The van der Waals surface area contributed by atoms with Gasteiger partial charge in [0.25, 0.3) is 11.1 Å². The van der Waals surface area contributed by atoms with E-state index < -0.39 is 266 Å². The molecule has 0 aliphatic carbocycles. The second-order valence-corrected chi connectivity index (χ2v) is 36.2. The lowest BCUT2D eigenvalue weighted by atomic mass is 10.1. The van der Waals surface area contributed by atoms with Crippen molar-refractivity contribution < 1.29 is 160 Å². The third-order valence-corrected chi connectivity index (χ3v) is 26.3. The standard InChI is InChI=1S/C63H85N24O39P5/c1-105-41-35(89)24(117-53(41)85-20-72-32-47(67)70-19-71-48(32)85)14-111-127(95,96)123-37-25(118-55(43(37)107-3)83-11-8-30(65)76-62(83)93)15-113-130(101,102)126-40-28(121-58(46(40)110-6)87-22-74-34-50(87)79-60(69)81-52(34)91)18-115-129(99,100)124-38-26(119-56(44(38)108-4)84-12-9-31(66)77-63(84)94)16-114-131(103,104)125-39-27(120-57(45(39)109-5)86-21-73-33-49(86)78-59(68)80-51(33)90)17-112-128(97,98)122-36-23(13-88)116-54(42(36)106-2)82-10-7-29(64)75-61(82)92/h7-12,19-28,35-46,53-58,88-89H,13-18H2,1-6H3,(H,95,96)(H,97,98)(H,99,100)(H,101,102)(H,103,104)(H2,64,75,92)(H2,65,76,93)(H2,66,77,94)(H2,67,70,71)(H3,68,78,80,90)(H3,69,79,81,91)/t23-,24-,25-,26-,27-,28-,35-,36-,37-,38-,39-,40-,41-,42-,43-,44-,45-,46-,53-,54-,55-,56-,57-,58-/m1/s1. The predicted molar refractivity (Wildman–Crippen MR) is 428 cm³/mol. The third-order valence-electron chi connectivity index (χ3n) is 21.3. The fourth-order valence-electron chi connectivity index (χ4n) is 15.5. The van der Waals surface area contributed by atoms with E-state index in [0.717, 1.165) is 102 Å². The highest BCUT2D eigenvalue weighted by Crippen LogP contribution is 2.58. The van der Waals surface area contributed by atoms with Crippen LogP contribution in [0.1, 0.15) is 37.4 Å². The molecule has 0 spiro atoms. The van der Waals surface area contributed by atoms with Gasteiger partial charge in [-0.2, -0.15) is 24.9 Å². The molecule has 0 amide bonds. The molecule has 15 rings (SSSR count). The Balaban J connectivity index is 0.678. The van der Waals surface area contributed by atoms with Crippen molar-refractivity contribution in [1.29, 1.82) is 0 Å². The number of methoxy groups -OCH3 is 6. The van der Waals surface area contributed by atoms with E-state index in [1.807, 2.05) is 0 Å². The van der Waals surface area contributed by atoms with Crippen LogP contribution in [0.2, 0.25) is 0 Å². The number of nitrogen functional groups attached to an aromatic ring is 6. The fourth-order valence-corrected chi connectivity index (χ4v) is 20.3. The number of H-pyrrole nitrogens is 2. The summed E-state index contributed by atoms with van der Waals surface area (Å²) in [5.41, 5.74) is 29.3. The number of phosphoric acid groups is 5. The van der Waals surface area contributed by atoms with Gasteiger partial charge in [0.05, 0.1) is 58.6 Å². The molecule has 0 aromatic carbocycles. The van der Waals surface area contributed by atoms with Gasteiger partial charge < -0.3 is 126 Å². The summed E-state index contributed by atoms with van der Waals surface area (Å²) in [5.74, 6) is -1.64. The minimum atomic E-state index is -5.92. The van der Waals surface area contributed by atoms with Gasteiger partial charge in [-0.05, 0) is 18.2 Å². The minimum Gasteiger partial charge on any atom is -0.394 e. The molecule has 131 heavy (non-hydrogen) atoms. The van der Waals surface area contributed by atoms with Crippen LogP contribution in [-0.4, -0.2) is 314 Å². The smallest absolute Gasteiger partial charge is 0.394 e. The average Bonchev–Trinajstić information content (AvgIpc) is 1.60. The normalized spacial score (nSPS) is 31.6. The lowest BCUT2D eigenvalue weighted by Gasteiger charge is -2.28. The second kappa shape index (κ2) is 38.6. The van der Waals surface area contributed by atoms with Crippen molar-refractivity contribution in [2.45, 2.75) is 147 Å². The molecule has 68 heteroatoms. The molecular formula is C63H85N24O39P5. The van der Waals surface area contributed by atoms with Crippen molar-refractivity contribution in [1.82, 2.24) is 87.2 Å². The summed E-state index contributed by atoms with van der Waals surface area (Å²) in [6.07, 6.45) is -33.8. The van der Waals surface area contributed by atoms with Gasteiger partial charge in [0.1, 0.15) is 139 Å². The third kappa shape index (κ3) is 20.0. The number of nitrogens with one attached hydrogen (secondary N) is 2. The van der Waals surface area contributed by atoms with Crippen molar-refractivity contribution >= 4 is 108 Å². The first-order valence-corrected chi connectivity index (χ1v) is 45.8. The number of fused-ring (bicyclic) bond motifs is 3. The summed E-state index contributed by atoms with van der Waals surface area (Å²) in [4.78, 5) is 169. The first-order chi connectivity index (χ1) is 62.2. The summed E-state index contributed by atoms with van der Waals surface area (Å²) in [7, 11) is -22.2. The van der Waals surface area contributed by atoms with Crippen molar-refractivity contribution in [2.24, 2.45) is 0 Å². The van der Waals surface area contributed by atoms with E-state index in [9.17, 15) is 81.5 Å². The minimum absolute atomic E-state index is 0.00664.